The van der Waals surface area contributed by atoms with Crippen LogP contribution in [-0.2, 0) is 31.0 Å². The number of anilines is 1. The van der Waals surface area contributed by atoms with Crippen molar-refractivity contribution in [2.45, 2.75) is 89.4 Å². The van der Waals surface area contributed by atoms with Gasteiger partial charge in [0.2, 0.25) is 17.7 Å². The summed E-state index contributed by atoms with van der Waals surface area (Å²) in [6, 6.07) is 7.22. The lowest BCUT2D eigenvalue weighted by molar-refractivity contribution is -0.145. The lowest BCUT2D eigenvalue weighted by Crippen LogP contribution is -2.53. The number of fused-ring (bicyclic) bond motifs is 2. The van der Waals surface area contributed by atoms with Crippen molar-refractivity contribution in [3.05, 3.63) is 65.0 Å². The van der Waals surface area contributed by atoms with Crippen LogP contribution >= 0.6 is 0 Å². The maximum atomic E-state index is 14.6. The van der Waals surface area contributed by atoms with E-state index in [4.69, 9.17) is 4.74 Å². The summed E-state index contributed by atoms with van der Waals surface area (Å²) >= 11 is 0. The van der Waals surface area contributed by atoms with Crippen LogP contribution in [0.1, 0.15) is 65.0 Å². The number of ether oxygens (including phenoxy) is 1. The highest BCUT2D eigenvalue weighted by Gasteiger charge is 2.56. The monoisotopic (exact) mass is 655 g/mol. The molecule has 10 nitrogen and oxygen atoms in total. The lowest BCUT2D eigenvalue weighted by Gasteiger charge is -2.34. The predicted octanol–water partition coefficient (Wildman–Crippen LogP) is 4.82. The van der Waals surface area contributed by atoms with Crippen molar-refractivity contribution in [2.75, 3.05) is 18.9 Å². The third-order valence-electron chi connectivity index (χ3n) is 8.45. The maximum Gasteiger partial charge on any atom is 0.407 e. The highest BCUT2D eigenvalue weighted by atomic mass is 19.2. The van der Waals surface area contributed by atoms with Gasteiger partial charge in [-0.15, -0.1) is 0 Å². The summed E-state index contributed by atoms with van der Waals surface area (Å²) in [7, 11) is 1.42. The molecule has 2 aliphatic rings. The van der Waals surface area contributed by atoms with Gasteiger partial charge in [0.15, 0.2) is 11.6 Å². The van der Waals surface area contributed by atoms with Gasteiger partial charge in [-0.3, -0.25) is 14.4 Å². The molecule has 4 amide bonds. The number of nitrogens with zero attached hydrogens (tertiary/aromatic N) is 3. The van der Waals surface area contributed by atoms with Crippen LogP contribution in [-0.4, -0.2) is 70.9 Å². The Morgan fingerprint density at radius 1 is 1.15 bits per heavy atom. The molecule has 0 bridgehead atoms. The third kappa shape index (κ3) is 7.69. The summed E-state index contributed by atoms with van der Waals surface area (Å²) in [5, 5.41) is 15.4. The first-order valence-corrected chi connectivity index (χ1v) is 15.5. The highest BCUT2D eigenvalue weighted by Crippen LogP contribution is 2.46. The van der Waals surface area contributed by atoms with Gasteiger partial charge >= 0.3 is 6.09 Å². The van der Waals surface area contributed by atoms with Crippen molar-refractivity contribution in [3.63, 3.8) is 0 Å². The quantitative estimate of drug-likeness (QED) is 0.373. The number of halogens is 3. The maximum absolute atomic E-state index is 14.6. The molecule has 1 fully saturated rings. The van der Waals surface area contributed by atoms with Crippen molar-refractivity contribution in [1.29, 1.82) is 5.26 Å². The normalized spacial score (nSPS) is 20.0. The number of nitrogens with one attached hydrogen (secondary N) is 2. The van der Waals surface area contributed by atoms with Gasteiger partial charge in [-0.2, -0.15) is 5.26 Å². The smallest absolute Gasteiger partial charge is 0.407 e. The first kappa shape index (κ1) is 35.3. The number of hydrogen-bond donors (Lipinski definition) is 2. The minimum atomic E-state index is -1.38. The molecule has 4 atom stereocenters. The molecule has 2 N–H and O–H groups in total. The summed E-state index contributed by atoms with van der Waals surface area (Å²) in [4.78, 5) is 56.5. The fourth-order valence-electron chi connectivity index (χ4n) is 6.21. The number of amides is 4. The van der Waals surface area contributed by atoms with Crippen LogP contribution in [0.3, 0.4) is 0 Å². The van der Waals surface area contributed by atoms with Crippen LogP contribution in [0.25, 0.3) is 0 Å². The summed E-state index contributed by atoms with van der Waals surface area (Å²) < 4.78 is 47.5. The van der Waals surface area contributed by atoms with E-state index in [0.29, 0.717) is 23.4 Å². The van der Waals surface area contributed by atoms with Crippen molar-refractivity contribution in [2.24, 2.45) is 5.92 Å². The molecule has 2 aromatic rings. The second-order valence-electron chi connectivity index (χ2n) is 13.7. The Balaban J connectivity index is 1.59. The molecule has 0 radical (unpaired) electrons. The van der Waals surface area contributed by atoms with Crippen LogP contribution in [0, 0.1) is 34.7 Å². The van der Waals surface area contributed by atoms with Gasteiger partial charge in [0.05, 0.1) is 11.5 Å². The number of carbonyl (C=O) groups is 4. The number of para-hydroxylation sites is 1. The topological polar surface area (TPSA) is 132 Å². The van der Waals surface area contributed by atoms with Crippen LogP contribution in [0.4, 0.5) is 23.7 Å². The van der Waals surface area contributed by atoms with E-state index in [1.807, 2.05) is 13.8 Å². The van der Waals surface area contributed by atoms with Crippen molar-refractivity contribution in [1.82, 2.24) is 15.1 Å². The largest absolute Gasteiger partial charge is 0.444 e. The Morgan fingerprint density at radius 2 is 1.81 bits per heavy atom. The molecule has 0 aromatic heterocycles. The van der Waals surface area contributed by atoms with Crippen molar-refractivity contribution in [3.8, 4) is 6.07 Å². The summed E-state index contributed by atoms with van der Waals surface area (Å²) in [6.45, 7) is 8.56. The minimum absolute atomic E-state index is 0.0538. The zero-order valence-electron chi connectivity index (χ0n) is 27.3. The molecule has 0 unspecified atom stereocenters. The van der Waals surface area contributed by atoms with E-state index < -0.39 is 70.9 Å². The molecule has 0 saturated carbocycles. The van der Waals surface area contributed by atoms with Crippen LogP contribution in [0.15, 0.2) is 36.4 Å². The van der Waals surface area contributed by atoms with Crippen LogP contribution in [0.2, 0.25) is 0 Å². The lowest BCUT2D eigenvalue weighted by atomic mass is 9.80. The standard InChI is InChI=1S/C34H40F3N5O5/c1-19(2)11-28(30(44)42-18-34(16-22(42)17-38)23-9-7-8-10-27(23)40-31(34)45)41(6)29(43)14-21(39-32(46)47-33(3,4)5)12-20-13-25(36)26(37)15-24(20)35/h7-10,13,15,19,21-22,28H,11-12,14,16,18H2,1-6H3,(H,39,46)(H,40,45)/t21-,22+,28+,34+/m1/s1. The van der Waals surface area contributed by atoms with E-state index in [0.717, 1.165) is 0 Å². The van der Waals surface area contributed by atoms with Crippen LogP contribution in [0.5, 0.6) is 0 Å². The van der Waals surface area contributed by atoms with Gasteiger partial charge in [-0.05, 0) is 62.8 Å². The second-order valence-corrected chi connectivity index (χ2v) is 13.7. The van der Waals surface area contributed by atoms with E-state index >= 15 is 0 Å². The number of nitriles is 1. The van der Waals surface area contributed by atoms with E-state index in [1.54, 1.807) is 45.0 Å². The van der Waals surface area contributed by atoms with Gasteiger partial charge in [0, 0.05) is 44.2 Å². The van der Waals surface area contributed by atoms with Gasteiger partial charge < -0.3 is 25.2 Å². The zero-order chi connectivity index (χ0) is 34.8. The Kier molecular flexibility index (Phi) is 10.2. The first-order valence-electron chi connectivity index (χ1n) is 15.5. The molecule has 13 heteroatoms. The third-order valence-corrected chi connectivity index (χ3v) is 8.45. The molecule has 252 valence electrons. The average Bonchev–Trinajstić information content (AvgIpc) is 3.50. The number of likely N-dealkylation sites (tertiary alicyclic amines) is 1. The second kappa shape index (κ2) is 13.6. The zero-order valence-corrected chi connectivity index (χ0v) is 27.3. The molecular formula is C34H40F3N5O5. The van der Waals surface area contributed by atoms with Gasteiger partial charge in [0.25, 0.3) is 0 Å². The number of benzene rings is 2. The van der Waals surface area contributed by atoms with Crippen molar-refractivity contribution < 1.29 is 37.1 Å². The summed E-state index contributed by atoms with van der Waals surface area (Å²) in [5.41, 5.74) is -0.974. The number of carbonyl (C=O) groups excluding carboxylic acids is 4. The molecule has 1 saturated heterocycles. The van der Waals surface area contributed by atoms with Gasteiger partial charge in [-0.25, -0.2) is 18.0 Å². The van der Waals surface area contributed by atoms with E-state index in [2.05, 4.69) is 16.7 Å². The minimum Gasteiger partial charge on any atom is -0.444 e. The molecule has 47 heavy (non-hydrogen) atoms. The Morgan fingerprint density at radius 3 is 2.45 bits per heavy atom. The fourth-order valence-corrected chi connectivity index (χ4v) is 6.21. The molecule has 1 spiro atoms. The summed E-state index contributed by atoms with van der Waals surface area (Å²) in [5.74, 6) is -5.24. The number of alkyl carbamates (subject to hydrolysis) is 1. The molecule has 2 heterocycles. The van der Waals surface area contributed by atoms with Crippen molar-refractivity contribution >= 4 is 29.5 Å². The molecular weight excluding hydrogens is 615 g/mol. The number of hydrogen-bond acceptors (Lipinski definition) is 6. The number of rotatable bonds is 9. The van der Waals surface area contributed by atoms with Gasteiger partial charge in [0.1, 0.15) is 23.5 Å². The predicted molar refractivity (Wildman–Crippen MR) is 166 cm³/mol. The van der Waals surface area contributed by atoms with E-state index in [9.17, 15) is 37.6 Å². The van der Waals surface area contributed by atoms with Crippen LogP contribution < -0.4 is 10.6 Å². The Bertz CT molecular complexity index is 1600. The Labute approximate surface area is 272 Å². The average molecular weight is 656 g/mol. The van der Waals surface area contributed by atoms with E-state index in [1.165, 1.54) is 16.8 Å². The highest BCUT2D eigenvalue weighted by molar-refractivity contribution is 6.07. The molecule has 2 aromatic carbocycles. The van der Waals surface area contributed by atoms with E-state index in [-0.39, 0.29) is 43.2 Å². The van der Waals surface area contributed by atoms with Gasteiger partial charge in [-0.1, -0.05) is 32.0 Å². The SMILES string of the molecule is CC(C)C[C@@H](C(=O)N1C[C@]2(C[C@H]1C#N)C(=O)Nc1ccccc12)N(C)C(=O)C[C@@H](Cc1cc(F)c(F)cc1F)NC(=O)OC(C)(C)C. The fraction of sp³-hybridized carbons (Fsp3) is 0.500. The molecule has 2 aliphatic heterocycles. The molecule has 4 rings (SSSR count). The first-order chi connectivity index (χ1) is 22.0. The number of likely N-dealkylation sites (N-methyl/N-ethyl adjacent to an activating group) is 1. The summed E-state index contributed by atoms with van der Waals surface area (Å²) in [6.07, 6.45) is -1.44. The Hall–Kier alpha value is -4.60. The molecule has 0 aliphatic carbocycles.